The Balaban J connectivity index is 2.63. The molecule has 1 aliphatic rings. The van der Waals surface area contributed by atoms with Gasteiger partial charge in [-0.15, -0.1) is 0 Å². The van der Waals surface area contributed by atoms with Crippen molar-refractivity contribution in [1.29, 1.82) is 0 Å². The van der Waals surface area contributed by atoms with Crippen molar-refractivity contribution >= 4 is 5.78 Å². The molecule has 12 heavy (non-hydrogen) atoms. The van der Waals surface area contributed by atoms with Crippen LogP contribution in [0.15, 0.2) is 12.1 Å². The number of fused-ring (bicyclic) bond motifs is 1. The largest absolute Gasteiger partial charge is 0.508 e. The summed E-state index contributed by atoms with van der Waals surface area (Å²) in [5.41, 5.74) is 2.64. The molecule has 0 radical (unpaired) electrons. The van der Waals surface area contributed by atoms with Gasteiger partial charge in [0.05, 0.1) is 0 Å². The summed E-state index contributed by atoms with van der Waals surface area (Å²) >= 11 is 0. The van der Waals surface area contributed by atoms with E-state index in [9.17, 15) is 9.90 Å². The Labute approximate surface area is 70.8 Å². The van der Waals surface area contributed by atoms with E-state index in [-0.39, 0.29) is 11.5 Å². The molecule has 0 bridgehead atoms. The van der Waals surface area contributed by atoms with Crippen LogP contribution in [0.1, 0.15) is 27.9 Å². The number of carbonyl (C=O) groups is 1. The molecule has 0 heterocycles. The van der Waals surface area contributed by atoms with Gasteiger partial charge in [-0.05, 0) is 30.5 Å². The van der Waals surface area contributed by atoms with E-state index in [1.165, 1.54) is 0 Å². The Kier molecular flexibility index (Phi) is 1.43. The van der Waals surface area contributed by atoms with Crippen LogP contribution >= 0.6 is 0 Å². The molecule has 1 N–H and O–H groups in total. The van der Waals surface area contributed by atoms with Crippen LogP contribution in [0, 0.1) is 6.92 Å². The number of benzene rings is 1. The van der Waals surface area contributed by atoms with Crippen molar-refractivity contribution in [3.63, 3.8) is 0 Å². The van der Waals surface area contributed by atoms with Crippen molar-refractivity contribution in [3.8, 4) is 5.75 Å². The Morgan fingerprint density at radius 1 is 1.33 bits per heavy atom. The van der Waals surface area contributed by atoms with Gasteiger partial charge in [0.2, 0.25) is 0 Å². The highest BCUT2D eigenvalue weighted by Gasteiger charge is 2.20. The molecule has 62 valence electrons. The maximum absolute atomic E-state index is 11.2. The Morgan fingerprint density at radius 2 is 2.08 bits per heavy atom. The van der Waals surface area contributed by atoms with E-state index in [4.69, 9.17) is 0 Å². The molecule has 1 aromatic carbocycles. The Hall–Kier alpha value is -1.31. The lowest BCUT2D eigenvalue weighted by molar-refractivity contribution is 0.0994. The third-order valence-electron chi connectivity index (χ3n) is 2.34. The van der Waals surface area contributed by atoms with E-state index in [1.807, 2.05) is 13.0 Å². The van der Waals surface area contributed by atoms with E-state index < -0.39 is 0 Å². The molecule has 0 saturated heterocycles. The number of aryl methyl sites for hydroxylation is 2. The number of ketones is 1. The molecule has 0 spiro atoms. The van der Waals surface area contributed by atoms with Gasteiger partial charge in [0.15, 0.2) is 5.78 Å². The maximum atomic E-state index is 11.2. The number of phenolic OH excluding ortho intramolecular Hbond substituents is 1. The molecule has 2 rings (SSSR count). The number of phenols is 1. The number of aromatic hydroxyl groups is 1. The summed E-state index contributed by atoms with van der Waals surface area (Å²) in [6.45, 7) is 1.85. The van der Waals surface area contributed by atoms with Crippen LogP contribution in [-0.2, 0) is 6.42 Å². The lowest BCUT2D eigenvalue weighted by Gasteiger charge is -2.01. The number of hydrogen-bond acceptors (Lipinski definition) is 2. The highest BCUT2D eigenvalue weighted by atomic mass is 16.3. The van der Waals surface area contributed by atoms with Crippen LogP contribution in [-0.4, -0.2) is 10.9 Å². The van der Waals surface area contributed by atoms with Crippen LogP contribution in [0.4, 0.5) is 0 Å². The topological polar surface area (TPSA) is 37.3 Å². The SMILES string of the molecule is Cc1cc2c(cc1O)C(=O)CC2. The molecule has 0 aliphatic heterocycles. The third kappa shape index (κ3) is 0.916. The van der Waals surface area contributed by atoms with Gasteiger partial charge in [-0.3, -0.25) is 4.79 Å². The van der Waals surface area contributed by atoms with E-state index in [0.29, 0.717) is 12.0 Å². The first kappa shape index (κ1) is 7.35. The molecule has 0 saturated carbocycles. The van der Waals surface area contributed by atoms with Gasteiger partial charge in [0, 0.05) is 12.0 Å². The second kappa shape index (κ2) is 2.34. The van der Waals surface area contributed by atoms with Crippen molar-refractivity contribution in [2.24, 2.45) is 0 Å². The molecular weight excluding hydrogens is 152 g/mol. The quantitative estimate of drug-likeness (QED) is 0.631. The zero-order valence-electron chi connectivity index (χ0n) is 6.92. The van der Waals surface area contributed by atoms with E-state index in [0.717, 1.165) is 17.5 Å². The number of hydrogen-bond donors (Lipinski definition) is 1. The summed E-state index contributed by atoms with van der Waals surface area (Å²) in [5, 5.41) is 9.35. The summed E-state index contributed by atoms with van der Waals surface area (Å²) in [6, 6.07) is 3.48. The fraction of sp³-hybridized carbons (Fsp3) is 0.300. The highest BCUT2D eigenvalue weighted by Crippen LogP contribution is 2.28. The summed E-state index contributed by atoms with van der Waals surface area (Å²) in [4.78, 5) is 11.2. The minimum Gasteiger partial charge on any atom is -0.508 e. The van der Waals surface area contributed by atoms with E-state index in [1.54, 1.807) is 6.07 Å². The van der Waals surface area contributed by atoms with Gasteiger partial charge in [0.25, 0.3) is 0 Å². The van der Waals surface area contributed by atoms with Crippen LogP contribution < -0.4 is 0 Å². The predicted octanol–water partition coefficient (Wildman–Crippen LogP) is 1.83. The molecule has 2 heteroatoms. The minimum atomic E-state index is 0.153. The van der Waals surface area contributed by atoms with E-state index >= 15 is 0 Å². The fourth-order valence-corrected chi connectivity index (χ4v) is 1.61. The normalized spacial score (nSPS) is 14.9. The predicted molar refractivity (Wildman–Crippen MR) is 45.5 cm³/mol. The van der Waals surface area contributed by atoms with Crippen LogP contribution in [0.3, 0.4) is 0 Å². The second-order valence-corrected chi connectivity index (χ2v) is 3.22. The molecule has 1 aliphatic carbocycles. The smallest absolute Gasteiger partial charge is 0.163 e. The van der Waals surface area contributed by atoms with Crippen LogP contribution in [0.5, 0.6) is 5.75 Å². The molecular formula is C10H10O2. The summed E-state index contributed by atoms with van der Waals surface area (Å²) in [7, 11) is 0. The zero-order chi connectivity index (χ0) is 8.72. The highest BCUT2D eigenvalue weighted by molar-refractivity contribution is 6.00. The van der Waals surface area contributed by atoms with Crippen molar-refractivity contribution in [2.45, 2.75) is 19.8 Å². The van der Waals surface area contributed by atoms with Crippen molar-refractivity contribution in [1.82, 2.24) is 0 Å². The fourth-order valence-electron chi connectivity index (χ4n) is 1.61. The van der Waals surface area contributed by atoms with Crippen LogP contribution in [0.25, 0.3) is 0 Å². The number of Topliss-reactive ketones (excluding diaryl/α,β-unsaturated/α-hetero) is 1. The van der Waals surface area contributed by atoms with Crippen molar-refractivity contribution in [2.75, 3.05) is 0 Å². The van der Waals surface area contributed by atoms with Crippen molar-refractivity contribution < 1.29 is 9.90 Å². The van der Waals surface area contributed by atoms with Crippen molar-refractivity contribution in [3.05, 3.63) is 28.8 Å². The van der Waals surface area contributed by atoms with Gasteiger partial charge in [-0.1, -0.05) is 6.07 Å². The molecule has 0 atom stereocenters. The van der Waals surface area contributed by atoms with Crippen LogP contribution in [0.2, 0.25) is 0 Å². The van der Waals surface area contributed by atoms with Gasteiger partial charge >= 0.3 is 0 Å². The van der Waals surface area contributed by atoms with E-state index in [2.05, 4.69) is 0 Å². The Bertz CT molecular complexity index is 353. The Morgan fingerprint density at radius 3 is 2.83 bits per heavy atom. The third-order valence-corrected chi connectivity index (χ3v) is 2.34. The van der Waals surface area contributed by atoms with Gasteiger partial charge in [0.1, 0.15) is 5.75 Å². The maximum Gasteiger partial charge on any atom is 0.163 e. The number of carbonyl (C=O) groups excluding carboxylic acids is 1. The average Bonchev–Trinajstić information content (AvgIpc) is 2.35. The average molecular weight is 162 g/mol. The van der Waals surface area contributed by atoms with Gasteiger partial charge in [-0.25, -0.2) is 0 Å². The minimum absolute atomic E-state index is 0.153. The molecule has 2 nitrogen and oxygen atoms in total. The summed E-state index contributed by atoms with van der Waals surface area (Å²) < 4.78 is 0. The monoisotopic (exact) mass is 162 g/mol. The number of rotatable bonds is 0. The molecule has 0 aromatic heterocycles. The molecule has 0 fully saturated rings. The zero-order valence-corrected chi connectivity index (χ0v) is 6.92. The first-order valence-corrected chi connectivity index (χ1v) is 4.04. The van der Waals surface area contributed by atoms with Gasteiger partial charge in [-0.2, -0.15) is 0 Å². The summed E-state index contributed by atoms with van der Waals surface area (Å²) in [5.74, 6) is 0.379. The molecule has 0 unspecified atom stereocenters. The second-order valence-electron chi connectivity index (χ2n) is 3.22. The van der Waals surface area contributed by atoms with Gasteiger partial charge < -0.3 is 5.11 Å². The lowest BCUT2D eigenvalue weighted by atomic mass is 10.1. The first-order valence-electron chi connectivity index (χ1n) is 4.04. The standard InChI is InChI=1S/C10H10O2/c1-6-4-7-2-3-9(11)8(7)5-10(6)12/h4-5,12H,2-3H2,1H3. The first-order chi connectivity index (χ1) is 5.68. The molecule has 0 amide bonds. The molecule has 1 aromatic rings. The summed E-state index contributed by atoms with van der Waals surface area (Å²) in [6.07, 6.45) is 1.42. The lowest BCUT2D eigenvalue weighted by Crippen LogP contribution is -1.91.